The fourth-order valence-electron chi connectivity index (χ4n) is 3.71. The van der Waals surface area contributed by atoms with Gasteiger partial charge >= 0.3 is 5.69 Å². The van der Waals surface area contributed by atoms with Crippen LogP contribution in [0.2, 0.25) is 0 Å². The molecule has 0 radical (unpaired) electrons. The lowest BCUT2D eigenvalue weighted by atomic mass is 9.78. The van der Waals surface area contributed by atoms with Gasteiger partial charge in [0.1, 0.15) is 6.20 Å². The molecule has 2 fully saturated rings. The molecule has 0 spiro atoms. The van der Waals surface area contributed by atoms with Crippen LogP contribution in [0.5, 0.6) is 0 Å². The van der Waals surface area contributed by atoms with Crippen LogP contribution in [0.3, 0.4) is 0 Å². The lowest BCUT2D eigenvalue weighted by molar-refractivity contribution is -0.384. The van der Waals surface area contributed by atoms with Gasteiger partial charge in [0.05, 0.1) is 4.92 Å². The van der Waals surface area contributed by atoms with E-state index in [1.54, 1.807) is 7.05 Å². The van der Waals surface area contributed by atoms with Gasteiger partial charge in [-0.3, -0.25) is 10.1 Å². The Labute approximate surface area is 123 Å². The minimum absolute atomic E-state index is 0.0141. The summed E-state index contributed by atoms with van der Waals surface area (Å²) in [4.78, 5) is 21.5. The molecule has 1 aromatic heterocycles. The van der Waals surface area contributed by atoms with E-state index >= 15 is 0 Å². The molecule has 7 heteroatoms. The third-order valence-corrected chi connectivity index (χ3v) is 4.69. The number of nitro groups is 1. The van der Waals surface area contributed by atoms with Crippen molar-refractivity contribution >= 4 is 17.5 Å². The van der Waals surface area contributed by atoms with Crippen molar-refractivity contribution in [3.05, 3.63) is 16.3 Å². The van der Waals surface area contributed by atoms with Crippen LogP contribution in [0.1, 0.15) is 38.5 Å². The standard InChI is InChI=1S/C14H21N5O2/c1-15-14-16-9-12(19(20)21)13(17-14)18-8-4-6-10-5-2-3-7-11(10)18/h9-11H,2-8H2,1H3,(H,15,16,17). The highest BCUT2D eigenvalue weighted by Crippen LogP contribution is 2.39. The summed E-state index contributed by atoms with van der Waals surface area (Å²) in [5.41, 5.74) is 0.0141. The first kappa shape index (κ1) is 14.0. The maximum absolute atomic E-state index is 11.3. The number of nitrogens with zero attached hydrogens (tertiary/aromatic N) is 4. The van der Waals surface area contributed by atoms with Gasteiger partial charge < -0.3 is 10.2 Å². The van der Waals surface area contributed by atoms with Crippen LogP contribution in [-0.2, 0) is 0 Å². The van der Waals surface area contributed by atoms with Gasteiger partial charge in [-0.25, -0.2) is 4.98 Å². The molecule has 1 saturated carbocycles. The maximum Gasteiger partial charge on any atom is 0.329 e. The number of anilines is 2. The molecule has 0 aromatic carbocycles. The second kappa shape index (κ2) is 5.83. The van der Waals surface area contributed by atoms with E-state index in [0.29, 0.717) is 23.7 Å². The summed E-state index contributed by atoms with van der Waals surface area (Å²) in [6.45, 7) is 0.849. The highest BCUT2D eigenvalue weighted by molar-refractivity contribution is 5.59. The number of hydrogen-bond acceptors (Lipinski definition) is 6. The molecular formula is C14H21N5O2. The van der Waals surface area contributed by atoms with Crippen LogP contribution in [0.25, 0.3) is 0 Å². The van der Waals surface area contributed by atoms with E-state index in [0.717, 1.165) is 19.4 Å². The number of aromatic nitrogens is 2. The Hall–Kier alpha value is -1.92. The van der Waals surface area contributed by atoms with E-state index in [1.807, 2.05) is 0 Å². The fraction of sp³-hybridized carbons (Fsp3) is 0.714. The molecule has 3 rings (SSSR count). The molecule has 1 aromatic rings. The van der Waals surface area contributed by atoms with Gasteiger partial charge in [-0.15, -0.1) is 0 Å². The van der Waals surface area contributed by atoms with E-state index in [9.17, 15) is 10.1 Å². The molecule has 2 heterocycles. The lowest BCUT2D eigenvalue weighted by Crippen LogP contribution is -2.47. The van der Waals surface area contributed by atoms with Gasteiger partial charge in [-0.05, 0) is 31.6 Å². The summed E-state index contributed by atoms with van der Waals surface area (Å²) in [6, 6.07) is 0.394. The second-order valence-corrected chi connectivity index (χ2v) is 5.86. The third kappa shape index (κ3) is 2.64. The Balaban J connectivity index is 1.98. The number of fused-ring (bicyclic) bond motifs is 1. The van der Waals surface area contributed by atoms with Crippen molar-refractivity contribution in [3.8, 4) is 0 Å². The summed E-state index contributed by atoms with van der Waals surface area (Å²) in [6.07, 6.45) is 8.47. The third-order valence-electron chi connectivity index (χ3n) is 4.69. The Morgan fingerprint density at radius 3 is 2.86 bits per heavy atom. The van der Waals surface area contributed by atoms with E-state index in [4.69, 9.17) is 0 Å². The SMILES string of the molecule is CNc1ncc([N+](=O)[O-])c(N2CCCC3CCCCC32)n1. The first-order valence-electron chi connectivity index (χ1n) is 7.66. The van der Waals surface area contributed by atoms with Crippen molar-refractivity contribution in [2.45, 2.75) is 44.6 Å². The largest absolute Gasteiger partial charge is 0.357 e. The summed E-state index contributed by atoms with van der Waals surface area (Å²) in [5, 5.41) is 14.2. The molecule has 1 N–H and O–H groups in total. The molecule has 2 unspecified atom stereocenters. The number of piperidine rings is 1. The zero-order valence-corrected chi connectivity index (χ0v) is 12.3. The molecule has 2 atom stereocenters. The van der Waals surface area contributed by atoms with Crippen LogP contribution >= 0.6 is 0 Å². The molecular weight excluding hydrogens is 270 g/mol. The molecule has 1 aliphatic carbocycles. The van der Waals surface area contributed by atoms with Crippen molar-refractivity contribution in [3.63, 3.8) is 0 Å². The molecule has 1 aliphatic heterocycles. The zero-order valence-electron chi connectivity index (χ0n) is 12.3. The van der Waals surface area contributed by atoms with Gasteiger partial charge in [-0.2, -0.15) is 4.98 Å². The first-order valence-corrected chi connectivity index (χ1v) is 7.66. The van der Waals surface area contributed by atoms with Crippen molar-refractivity contribution in [1.82, 2.24) is 9.97 Å². The highest BCUT2D eigenvalue weighted by atomic mass is 16.6. The Bertz CT molecular complexity index is 534. The average Bonchev–Trinajstić information content (AvgIpc) is 2.53. The smallest absolute Gasteiger partial charge is 0.329 e. The van der Waals surface area contributed by atoms with Gasteiger partial charge in [0.25, 0.3) is 0 Å². The molecule has 0 bridgehead atoms. The van der Waals surface area contributed by atoms with Crippen molar-refractivity contribution < 1.29 is 4.92 Å². The topological polar surface area (TPSA) is 84.2 Å². The van der Waals surface area contributed by atoms with Crippen LogP contribution in [0.15, 0.2) is 6.20 Å². The van der Waals surface area contributed by atoms with Gasteiger partial charge in [-0.1, -0.05) is 12.8 Å². The molecule has 1 saturated heterocycles. The Morgan fingerprint density at radius 1 is 1.33 bits per heavy atom. The summed E-state index contributed by atoms with van der Waals surface area (Å²) in [7, 11) is 1.73. The first-order chi connectivity index (χ1) is 10.2. The monoisotopic (exact) mass is 291 g/mol. The minimum Gasteiger partial charge on any atom is -0.357 e. The van der Waals surface area contributed by atoms with Gasteiger partial charge in [0.15, 0.2) is 0 Å². The van der Waals surface area contributed by atoms with E-state index < -0.39 is 0 Å². The van der Waals surface area contributed by atoms with E-state index in [-0.39, 0.29) is 10.6 Å². The van der Waals surface area contributed by atoms with Crippen molar-refractivity contribution in [2.75, 3.05) is 23.8 Å². The van der Waals surface area contributed by atoms with E-state index in [2.05, 4.69) is 20.2 Å². The van der Waals surface area contributed by atoms with E-state index in [1.165, 1.54) is 31.9 Å². The predicted molar refractivity (Wildman–Crippen MR) is 80.6 cm³/mol. The summed E-state index contributed by atoms with van der Waals surface area (Å²) in [5.74, 6) is 1.57. The molecule has 114 valence electrons. The second-order valence-electron chi connectivity index (χ2n) is 5.86. The molecule has 0 amide bonds. The number of nitrogens with one attached hydrogen (secondary N) is 1. The van der Waals surface area contributed by atoms with Crippen molar-refractivity contribution in [1.29, 1.82) is 0 Å². The summed E-state index contributed by atoms with van der Waals surface area (Å²) < 4.78 is 0. The number of rotatable bonds is 3. The lowest BCUT2D eigenvalue weighted by Gasteiger charge is -2.44. The zero-order chi connectivity index (χ0) is 14.8. The molecule has 21 heavy (non-hydrogen) atoms. The minimum atomic E-state index is -0.374. The van der Waals surface area contributed by atoms with Crippen molar-refractivity contribution in [2.24, 2.45) is 5.92 Å². The van der Waals surface area contributed by atoms with Crippen LogP contribution < -0.4 is 10.2 Å². The van der Waals surface area contributed by atoms with Crippen LogP contribution in [0, 0.1) is 16.0 Å². The quantitative estimate of drug-likeness (QED) is 0.680. The van der Waals surface area contributed by atoms with Crippen LogP contribution in [0.4, 0.5) is 17.5 Å². The van der Waals surface area contributed by atoms with Gasteiger partial charge in [0.2, 0.25) is 11.8 Å². The normalized spacial score (nSPS) is 25.3. The Morgan fingerprint density at radius 2 is 2.10 bits per heavy atom. The Kier molecular flexibility index (Phi) is 3.90. The number of hydrogen-bond donors (Lipinski definition) is 1. The predicted octanol–water partition coefficient (Wildman–Crippen LogP) is 2.59. The molecule has 2 aliphatic rings. The highest BCUT2D eigenvalue weighted by Gasteiger charge is 2.37. The van der Waals surface area contributed by atoms with Gasteiger partial charge in [0, 0.05) is 19.6 Å². The summed E-state index contributed by atoms with van der Waals surface area (Å²) >= 11 is 0. The van der Waals surface area contributed by atoms with Crippen LogP contribution in [-0.4, -0.2) is 34.5 Å². The maximum atomic E-state index is 11.3. The average molecular weight is 291 g/mol. The molecule has 7 nitrogen and oxygen atoms in total. The fourth-order valence-corrected chi connectivity index (χ4v) is 3.71.